The Kier molecular flexibility index (Phi) is 3.52. The molecule has 0 amide bonds. The van der Waals surface area contributed by atoms with E-state index in [2.05, 4.69) is 4.98 Å². The van der Waals surface area contributed by atoms with Gasteiger partial charge in [0.05, 0.1) is 5.69 Å². The van der Waals surface area contributed by atoms with E-state index in [9.17, 15) is 13.6 Å². The lowest BCUT2D eigenvalue weighted by Gasteiger charge is -2.25. The predicted octanol–water partition coefficient (Wildman–Crippen LogP) is 2.62. The zero-order chi connectivity index (χ0) is 13.3. The molecule has 1 aromatic heterocycles. The molecular formula is C11H14F2N2O2S. The topological polar surface area (TPSA) is 53.4 Å². The fraction of sp³-hybridized carbons (Fsp3) is 0.636. The van der Waals surface area contributed by atoms with E-state index in [0.717, 1.165) is 43.7 Å². The van der Waals surface area contributed by atoms with Crippen molar-refractivity contribution in [3.63, 3.8) is 0 Å². The van der Waals surface area contributed by atoms with Gasteiger partial charge in [0.15, 0.2) is 5.13 Å². The first-order chi connectivity index (χ1) is 8.43. The summed E-state index contributed by atoms with van der Waals surface area (Å²) in [6, 6.07) is 0. The maximum Gasteiger partial charge on any atom is 0.380 e. The number of thiazole rings is 1. The van der Waals surface area contributed by atoms with Crippen LogP contribution in [-0.4, -0.2) is 29.1 Å². The van der Waals surface area contributed by atoms with E-state index in [0.29, 0.717) is 5.13 Å². The van der Waals surface area contributed by atoms with Gasteiger partial charge in [-0.2, -0.15) is 8.78 Å². The van der Waals surface area contributed by atoms with Crippen LogP contribution < -0.4 is 4.90 Å². The lowest BCUT2D eigenvalue weighted by Crippen LogP contribution is -2.29. The van der Waals surface area contributed by atoms with E-state index < -0.39 is 16.8 Å². The number of halogens is 2. The normalized spacial score (nSPS) is 16.9. The summed E-state index contributed by atoms with van der Waals surface area (Å²) in [4.78, 5) is 16.1. The van der Waals surface area contributed by atoms with Crippen LogP contribution in [0.1, 0.15) is 29.8 Å². The van der Waals surface area contributed by atoms with Gasteiger partial charge in [0.1, 0.15) is 4.88 Å². The minimum absolute atomic E-state index is 0.105. The first-order valence-corrected chi connectivity index (χ1v) is 6.58. The summed E-state index contributed by atoms with van der Waals surface area (Å²) in [6.07, 6.45) is 3.17. The SMILES string of the molecule is Cc1nc(N2CCCCC2)sc1C(F)(F)C(=O)O. The number of aliphatic carboxylic acids is 1. The third-order valence-electron chi connectivity index (χ3n) is 2.97. The van der Waals surface area contributed by atoms with Gasteiger partial charge < -0.3 is 10.0 Å². The molecule has 18 heavy (non-hydrogen) atoms. The minimum atomic E-state index is -3.85. The smallest absolute Gasteiger partial charge is 0.380 e. The first kappa shape index (κ1) is 13.2. The van der Waals surface area contributed by atoms with Gasteiger partial charge in [-0.05, 0) is 26.2 Å². The molecule has 1 fully saturated rings. The Morgan fingerprint density at radius 3 is 2.56 bits per heavy atom. The molecule has 0 spiro atoms. The van der Waals surface area contributed by atoms with Crippen LogP contribution in [0, 0.1) is 6.92 Å². The van der Waals surface area contributed by atoms with Gasteiger partial charge >= 0.3 is 11.9 Å². The van der Waals surface area contributed by atoms with Gasteiger partial charge in [-0.3, -0.25) is 0 Å². The predicted molar refractivity (Wildman–Crippen MR) is 64.4 cm³/mol. The van der Waals surface area contributed by atoms with Gasteiger partial charge in [0, 0.05) is 13.1 Å². The summed E-state index contributed by atoms with van der Waals surface area (Å²) >= 11 is 0.785. The van der Waals surface area contributed by atoms with Crippen molar-refractivity contribution in [1.29, 1.82) is 0 Å². The van der Waals surface area contributed by atoms with Gasteiger partial charge in [-0.1, -0.05) is 11.3 Å². The summed E-state index contributed by atoms with van der Waals surface area (Å²) in [5.41, 5.74) is 0.105. The number of hydrogen-bond acceptors (Lipinski definition) is 4. The van der Waals surface area contributed by atoms with Crippen molar-refractivity contribution in [3.05, 3.63) is 10.6 Å². The highest BCUT2D eigenvalue weighted by atomic mass is 32.1. The van der Waals surface area contributed by atoms with Crippen molar-refractivity contribution < 1.29 is 18.7 Å². The average Bonchev–Trinajstić information content (AvgIpc) is 2.73. The van der Waals surface area contributed by atoms with Crippen LogP contribution in [-0.2, 0) is 10.7 Å². The molecule has 1 N–H and O–H groups in total. The van der Waals surface area contributed by atoms with Crippen LogP contribution in [0.15, 0.2) is 0 Å². The highest BCUT2D eigenvalue weighted by molar-refractivity contribution is 7.16. The second kappa shape index (κ2) is 4.79. The van der Waals surface area contributed by atoms with E-state index in [-0.39, 0.29) is 5.69 Å². The molecule has 2 rings (SSSR count). The monoisotopic (exact) mass is 276 g/mol. The van der Waals surface area contributed by atoms with E-state index in [1.807, 2.05) is 4.90 Å². The summed E-state index contributed by atoms with van der Waals surface area (Å²) in [5, 5.41) is 9.06. The van der Waals surface area contributed by atoms with Crippen molar-refractivity contribution in [3.8, 4) is 0 Å². The molecule has 1 saturated heterocycles. The van der Waals surface area contributed by atoms with Crippen molar-refractivity contribution in [2.24, 2.45) is 0 Å². The van der Waals surface area contributed by atoms with E-state index in [4.69, 9.17) is 5.11 Å². The highest BCUT2D eigenvalue weighted by Gasteiger charge is 2.45. The largest absolute Gasteiger partial charge is 0.477 e. The third kappa shape index (κ3) is 2.31. The molecule has 0 radical (unpaired) electrons. The maximum absolute atomic E-state index is 13.5. The molecule has 0 bridgehead atoms. The van der Waals surface area contributed by atoms with E-state index in [1.54, 1.807) is 0 Å². The number of carboxylic acids is 1. The fourth-order valence-corrected chi connectivity index (χ4v) is 3.08. The minimum Gasteiger partial charge on any atom is -0.477 e. The number of hydrogen-bond donors (Lipinski definition) is 1. The summed E-state index contributed by atoms with van der Waals surface area (Å²) in [5.74, 6) is -5.98. The molecule has 0 unspecified atom stereocenters. The van der Waals surface area contributed by atoms with Crippen LogP contribution in [0.5, 0.6) is 0 Å². The number of aromatic nitrogens is 1. The Labute approximate surface area is 107 Å². The molecule has 7 heteroatoms. The highest BCUT2D eigenvalue weighted by Crippen LogP contribution is 2.38. The quantitative estimate of drug-likeness (QED) is 0.922. The molecule has 4 nitrogen and oxygen atoms in total. The van der Waals surface area contributed by atoms with Gasteiger partial charge in [0.25, 0.3) is 0 Å². The molecule has 100 valence electrons. The Balaban J connectivity index is 2.29. The second-order valence-electron chi connectivity index (χ2n) is 4.34. The zero-order valence-electron chi connectivity index (χ0n) is 9.95. The molecule has 1 aliphatic rings. The number of anilines is 1. The average molecular weight is 276 g/mol. The van der Waals surface area contributed by atoms with Gasteiger partial charge in [0.2, 0.25) is 0 Å². The number of carbonyl (C=O) groups is 1. The Morgan fingerprint density at radius 1 is 1.39 bits per heavy atom. The molecular weight excluding hydrogens is 262 g/mol. The lowest BCUT2D eigenvalue weighted by atomic mass is 10.1. The molecule has 1 aliphatic heterocycles. The molecule has 1 aromatic rings. The maximum atomic E-state index is 13.5. The van der Waals surface area contributed by atoms with Crippen LogP contribution in [0.4, 0.5) is 13.9 Å². The van der Waals surface area contributed by atoms with Gasteiger partial charge in [-0.25, -0.2) is 9.78 Å². The van der Waals surface area contributed by atoms with Crippen LogP contribution in [0.3, 0.4) is 0 Å². The van der Waals surface area contributed by atoms with Crippen molar-refractivity contribution >= 4 is 22.4 Å². The van der Waals surface area contributed by atoms with Crippen molar-refractivity contribution in [1.82, 2.24) is 4.98 Å². The number of aryl methyl sites for hydroxylation is 1. The van der Waals surface area contributed by atoms with E-state index in [1.165, 1.54) is 6.92 Å². The number of piperidine rings is 1. The first-order valence-electron chi connectivity index (χ1n) is 5.77. The number of rotatable bonds is 3. The Morgan fingerprint density at radius 2 is 2.00 bits per heavy atom. The summed E-state index contributed by atoms with van der Waals surface area (Å²) in [6.45, 7) is 3.02. The Bertz CT molecular complexity index is 456. The van der Waals surface area contributed by atoms with Crippen LogP contribution in [0.25, 0.3) is 0 Å². The van der Waals surface area contributed by atoms with Crippen LogP contribution >= 0.6 is 11.3 Å². The number of alkyl halides is 2. The van der Waals surface area contributed by atoms with Crippen molar-refractivity contribution in [2.75, 3.05) is 18.0 Å². The molecule has 0 aliphatic carbocycles. The summed E-state index contributed by atoms with van der Waals surface area (Å²) in [7, 11) is 0. The van der Waals surface area contributed by atoms with Gasteiger partial charge in [-0.15, -0.1) is 0 Å². The van der Waals surface area contributed by atoms with Crippen molar-refractivity contribution in [2.45, 2.75) is 32.1 Å². The number of carboxylic acid groups (broad SMARTS) is 1. The van der Waals surface area contributed by atoms with Crippen LogP contribution in [0.2, 0.25) is 0 Å². The lowest BCUT2D eigenvalue weighted by molar-refractivity contribution is -0.165. The molecule has 0 saturated carbocycles. The van der Waals surface area contributed by atoms with E-state index >= 15 is 0 Å². The molecule has 0 aromatic carbocycles. The Hall–Kier alpha value is -1.24. The molecule has 2 heterocycles. The fourth-order valence-electron chi connectivity index (χ4n) is 1.99. The number of nitrogens with zero attached hydrogens (tertiary/aromatic N) is 2. The molecule has 0 atom stereocenters. The zero-order valence-corrected chi connectivity index (χ0v) is 10.8. The second-order valence-corrected chi connectivity index (χ2v) is 5.32. The summed E-state index contributed by atoms with van der Waals surface area (Å²) < 4.78 is 26.9. The standard InChI is InChI=1S/C11H14F2N2O2S/c1-7-8(11(12,13)9(16)17)18-10(14-7)15-5-3-2-4-6-15/h2-6H2,1H3,(H,16,17). The third-order valence-corrected chi connectivity index (χ3v) is 4.25.